The molecule has 4 rings (SSSR count). The zero-order valence-electron chi connectivity index (χ0n) is 18.3. The molecule has 0 unspecified atom stereocenters. The van der Waals surface area contributed by atoms with Crippen molar-refractivity contribution in [2.24, 2.45) is 0 Å². The monoisotopic (exact) mass is 441 g/mol. The molecule has 2 aromatic carbocycles. The summed E-state index contributed by atoms with van der Waals surface area (Å²) in [5.41, 5.74) is 3.84. The third-order valence-corrected chi connectivity index (χ3v) is 4.91. The highest BCUT2D eigenvalue weighted by molar-refractivity contribution is 5.88. The molecule has 0 N–H and O–H groups in total. The lowest BCUT2D eigenvalue weighted by molar-refractivity contribution is -0.139. The predicted octanol–water partition coefficient (Wildman–Crippen LogP) is 4.71. The molecule has 0 aliphatic carbocycles. The predicted molar refractivity (Wildman–Crippen MR) is 125 cm³/mol. The molecule has 0 amide bonds. The van der Waals surface area contributed by atoms with Crippen molar-refractivity contribution in [2.45, 2.75) is 6.61 Å². The first-order valence-corrected chi connectivity index (χ1v) is 10.3. The third kappa shape index (κ3) is 5.27. The van der Waals surface area contributed by atoms with Crippen LogP contribution in [0.2, 0.25) is 0 Å². The average molecular weight is 441 g/mol. The van der Waals surface area contributed by atoms with Gasteiger partial charge in [-0.2, -0.15) is 5.10 Å². The van der Waals surface area contributed by atoms with Crippen LogP contribution in [0.5, 0.6) is 11.5 Å². The molecule has 0 atom stereocenters. The Bertz CT molecular complexity index is 1250. The van der Waals surface area contributed by atoms with Gasteiger partial charge in [0.2, 0.25) is 0 Å². The number of ether oxygens (including phenoxy) is 3. The zero-order valence-corrected chi connectivity index (χ0v) is 18.3. The Labute approximate surface area is 191 Å². The van der Waals surface area contributed by atoms with Gasteiger partial charge in [-0.1, -0.05) is 24.3 Å². The number of rotatable bonds is 8. The maximum Gasteiger partial charge on any atom is 0.331 e. The van der Waals surface area contributed by atoms with E-state index in [0.717, 1.165) is 16.8 Å². The molecule has 0 aliphatic rings. The number of benzene rings is 2. The Kier molecular flexibility index (Phi) is 6.80. The van der Waals surface area contributed by atoms with Crippen molar-refractivity contribution in [3.05, 3.63) is 96.5 Å². The van der Waals surface area contributed by atoms with Gasteiger partial charge in [-0.3, -0.25) is 4.98 Å². The molecular formula is C26H23N3O4. The SMILES string of the molecule is COc1ccc(-c2nn(-c3ccccc3)cc2/C=C/C(=O)OCc2ccccn2)cc1OC. The number of carbonyl (C=O) groups is 1. The maximum atomic E-state index is 12.3. The van der Waals surface area contributed by atoms with Crippen LogP contribution >= 0.6 is 0 Å². The first kappa shape index (κ1) is 21.8. The van der Waals surface area contributed by atoms with Gasteiger partial charge in [0.15, 0.2) is 11.5 Å². The normalized spacial score (nSPS) is 10.8. The molecule has 0 aliphatic heterocycles. The molecule has 0 fully saturated rings. The molecule has 166 valence electrons. The van der Waals surface area contributed by atoms with Crippen LogP contribution in [0, 0.1) is 0 Å². The summed E-state index contributed by atoms with van der Waals surface area (Å²) in [4.78, 5) is 16.5. The fraction of sp³-hybridized carbons (Fsp3) is 0.115. The molecule has 7 nitrogen and oxygen atoms in total. The highest BCUT2D eigenvalue weighted by atomic mass is 16.5. The number of aromatic nitrogens is 3. The first-order chi connectivity index (χ1) is 16.2. The quantitative estimate of drug-likeness (QED) is 0.291. The summed E-state index contributed by atoms with van der Waals surface area (Å²) in [6, 6.07) is 20.8. The van der Waals surface area contributed by atoms with Gasteiger partial charge in [-0.25, -0.2) is 9.48 Å². The van der Waals surface area contributed by atoms with E-state index < -0.39 is 5.97 Å². The maximum absolute atomic E-state index is 12.3. The highest BCUT2D eigenvalue weighted by Crippen LogP contribution is 2.33. The Morgan fingerprint density at radius 1 is 0.970 bits per heavy atom. The topological polar surface area (TPSA) is 75.5 Å². The van der Waals surface area contributed by atoms with Crippen LogP contribution in [0.3, 0.4) is 0 Å². The molecule has 0 radical (unpaired) electrons. The van der Waals surface area contributed by atoms with Gasteiger partial charge >= 0.3 is 5.97 Å². The van der Waals surface area contributed by atoms with Crippen LogP contribution in [0.1, 0.15) is 11.3 Å². The second kappa shape index (κ2) is 10.3. The smallest absolute Gasteiger partial charge is 0.331 e. The minimum atomic E-state index is -0.466. The second-order valence-electron chi connectivity index (χ2n) is 7.05. The summed E-state index contributed by atoms with van der Waals surface area (Å²) in [5.74, 6) is 0.749. The van der Waals surface area contributed by atoms with Crippen LogP contribution in [-0.2, 0) is 16.1 Å². The van der Waals surface area contributed by atoms with Gasteiger partial charge in [0.1, 0.15) is 12.3 Å². The number of para-hydroxylation sites is 1. The largest absolute Gasteiger partial charge is 0.493 e. The van der Waals surface area contributed by atoms with E-state index in [1.54, 1.807) is 37.2 Å². The molecule has 4 aromatic rings. The number of hydrogen-bond donors (Lipinski definition) is 0. The van der Waals surface area contributed by atoms with Crippen LogP contribution in [0.15, 0.2) is 85.2 Å². The molecule has 0 saturated heterocycles. The van der Waals surface area contributed by atoms with E-state index in [0.29, 0.717) is 22.9 Å². The molecular weight excluding hydrogens is 418 g/mol. The van der Waals surface area contributed by atoms with Gasteiger partial charge in [0, 0.05) is 29.6 Å². The minimum Gasteiger partial charge on any atom is -0.493 e. The number of esters is 1. The lowest BCUT2D eigenvalue weighted by Crippen LogP contribution is -2.01. The van der Waals surface area contributed by atoms with Crippen molar-refractivity contribution in [1.29, 1.82) is 0 Å². The minimum absolute atomic E-state index is 0.107. The Morgan fingerprint density at radius 2 is 1.76 bits per heavy atom. The molecule has 33 heavy (non-hydrogen) atoms. The fourth-order valence-electron chi connectivity index (χ4n) is 3.26. The summed E-state index contributed by atoms with van der Waals surface area (Å²) in [6.07, 6.45) is 6.61. The highest BCUT2D eigenvalue weighted by Gasteiger charge is 2.14. The number of carbonyl (C=O) groups excluding carboxylic acids is 1. The second-order valence-corrected chi connectivity index (χ2v) is 7.05. The van der Waals surface area contributed by atoms with Gasteiger partial charge in [0.25, 0.3) is 0 Å². The standard InChI is InChI=1S/C26H23N3O4/c1-31-23-13-11-19(16-24(23)32-2)26-20(17-29(28-26)22-9-4-3-5-10-22)12-14-25(30)33-18-21-8-6-7-15-27-21/h3-17H,18H2,1-2H3/b14-12+. The number of hydrogen-bond acceptors (Lipinski definition) is 6. The zero-order chi connectivity index (χ0) is 23.0. The molecule has 0 saturated carbocycles. The van der Waals surface area contributed by atoms with E-state index in [-0.39, 0.29) is 6.61 Å². The molecule has 2 aromatic heterocycles. The van der Waals surface area contributed by atoms with Crippen molar-refractivity contribution in [1.82, 2.24) is 14.8 Å². The van der Waals surface area contributed by atoms with Crippen LogP contribution in [-0.4, -0.2) is 35.0 Å². The van der Waals surface area contributed by atoms with Crippen molar-refractivity contribution < 1.29 is 19.0 Å². The van der Waals surface area contributed by atoms with E-state index in [1.165, 1.54) is 6.08 Å². The van der Waals surface area contributed by atoms with Crippen molar-refractivity contribution >= 4 is 12.0 Å². The van der Waals surface area contributed by atoms with E-state index in [2.05, 4.69) is 4.98 Å². The van der Waals surface area contributed by atoms with Crippen LogP contribution in [0.25, 0.3) is 23.0 Å². The van der Waals surface area contributed by atoms with Crippen LogP contribution < -0.4 is 9.47 Å². The van der Waals surface area contributed by atoms with E-state index in [4.69, 9.17) is 19.3 Å². The molecule has 0 bridgehead atoms. The molecule has 7 heteroatoms. The van der Waals surface area contributed by atoms with Crippen molar-refractivity contribution in [3.63, 3.8) is 0 Å². The van der Waals surface area contributed by atoms with Crippen LogP contribution in [0.4, 0.5) is 0 Å². The van der Waals surface area contributed by atoms with Crippen molar-refractivity contribution in [2.75, 3.05) is 14.2 Å². The number of nitrogens with zero attached hydrogens (tertiary/aromatic N) is 3. The first-order valence-electron chi connectivity index (χ1n) is 10.3. The average Bonchev–Trinajstić information content (AvgIpc) is 3.31. The van der Waals surface area contributed by atoms with Gasteiger partial charge in [-0.05, 0) is 48.5 Å². The molecule has 0 spiro atoms. The summed E-state index contributed by atoms with van der Waals surface area (Å²) in [7, 11) is 3.18. The summed E-state index contributed by atoms with van der Waals surface area (Å²) in [5, 5.41) is 4.76. The van der Waals surface area contributed by atoms with Gasteiger partial charge in [0.05, 0.1) is 25.6 Å². The van der Waals surface area contributed by atoms with E-state index in [1.807, 2.05) is 66.9 Å². The lowest BCUT2D eigenvalue weighted by Gasteiger charge is -2.09. The number of methoxy groups -OCH3 is 2. The number of pyridine rings is 1. The third-order valence-electron chi connectivity index (χ3n) is 4.91. The lowest BCUT2D eigenvalue weighted by atomic mass is 10.1. The van der Waals surface area contributed by atoms with Gasteiger partial charge in [-0.15, -0.1) is 0 Å². The molecule has 2 heterocycles. The summed E-state index contributed by atoms with van der Waals surface area (Å²) >= 11 is 0. The van der Waals surface area contributed by atoms with E-state index >= 15 is 0 Å². The summed E-state index contributed by atoms with van der Waals surface area (Å²) in [6.45, 7) is 0.107. The summed E-state index contributed by atoms with van der Waals surface area (Å²) < 4.78 is 17.9. The Morgan fingerprint density at radius 3 is 2.48 bits per heavy atom. The Hall–Kier alpha value is -4.39. The van der Waals surface area contributed by atoms with Crippen molar-refractivity contribution in [3.8, 4) is 28.4 Å². The van der Waals surface area contributed by atoms with Gasteiger partial charge < -0.3 is 14.2 Å². The fourth-order valence-corrected chi connectivity index (χ4v) is 3.26. The van der Waals surface area contributed by atoms with E-state index in [9.17, 15) is 4.79 Å². The Balaban J connectivity index is 1.64.